The first-order valence-electron chi connectivity index (χ1n) is 5.70. The van der Waals surface area contributed by atoms with Crippen LogP contribution in [-0.4, -0.2) is 36.4 Å². The fourth-order valence-electron chi connectivity index (χ4n) is 1.77. The SMILES string of the molecule is COC(=O)c1c(OCCCO)[nH]c2ccccc12. The van der Waals surface area contributed by atoms with Gasteiger partial charge in [0.1, 0.15) is 5.56 Å². The molecule has 0 aliphatic rings. The molecule has 1 heterocycles. The van der Waals surface area contributed by atoms with Crippen molar-refractivity contribution in [3.05, 3.63) is 29.8 Å². The standard InChI is InChI=1S/C13H15NO4/c1-17-13(16)11-9-5-2-3-6-10(9)14-12(11)18-8-4-7-15/h2-3,5-6,14-15H,4,7-8H2,1H3. The van der Waals surface area contributed by atoms with Crippen LogP contribution in [0.25, 0.3) is 10.9 Å². The van der Waals surface area contributed by atoms with Crippen molar-refractivity contribution in [3.63, 3.8) is 0 Å². The van der Waals surface area contributed by atoms with E-state index >= 15 is 0 Å². The summed E-state index contributed by atoms with van der Waals surface area (Å²) in [5.41, 5.74) is 1.21. The van der Waals surface area contributed by atoms with Gasteiger partial charge in [-0.25, -0.2) is 4.79 Å². The van der Waals surface area contributed by atoms with Crippen molar-refractivity contribution in [3.8, 4) is 5.88 Å². The molecule has 2 rings (SSSR count). The number of hydrogen-bond donors (Lipinski definition) is 2. The molecule has 96 valence electrons. The smallest absolute Gasteiger partial charge is 0.344 e. The van der Waals surface area contributed by atoms with Gasteiger partial charge in [-0.05, 0) is 6.07 Å². The second-order valence-corrected chi connectivity index (χ2v) is 3.79. The van der Waals surface area contributed by atoms with E-state index in [1.54, 1.807) is 0 Å². The third-order valence-corrected chi connectivity index (χ3v) is 2.61. The van der Waals surface area contributed by atoms with Gasteiger partial charge in [0.05, 0.1) is 13.7 Å². The van der Waals surface area contributed by atoms with Gasteiger partial charge in [0.25, 0.3) is 0 Å². The molecular formula is C13H15NO4. The minimum Gasteiger partial charge on any atom is -0.478 e. The van der Waals surface area contributed by atoms with Crippen molar-refractivity contribution in [1.82, 2.24) is 4.98 Å². The van der Waals surface area contributed by atoms with E-state index in [2.05, 4.69) is 4.98 Å². The van der Waals surface area contributed by atoms with Crippen molar-refractivity contribution in [1.29, 1.82) is 0 Å². The first-order valence-corrected chi connectivity index (χ1v) is 5.70. The normalized spacial score (nSPS) is 10.6. The number of aromatic amines is 1. The average Bonchev–Trinajstić information content (AvgIpc) is 2.76. The number of H-pyrrole nitrogens is 1. The molecule has 1 aromatic carbocycles. The number of esters is 1. The molecule has 0 saturated carbocycles. The second kappa shape index (κ2) is 5.55. The first-order chi connectivity index (χ1) is 8.77. The summed E-state index contributed by atoms with van der Waals surface area (Å²) in [6.45, 7) is 0.390. The molecule has 0 fully saturated rings. The number of nitrogens with one attached hydrogen (secondary N) is 1. The molecule has 0 radical (unpaired) electrons. The number of rotatable bonds is 5. The molecule has 0 spiro atoms. The van der Waals surface area contributed by atoms with Crippen molar-refractivity contribution >= 4 is 16.9 Å². The van der Waals surface area contributed by atoms with Crippen LogP contribution in [0.3, 0.4) is 0 Å². The van der Waals surface area contributed by atoms with Crippen LogP contribution in [0.5, 0.6) is 5.88 Å². The summed E-state index contributed by atoms with van der Waals surface area (Å²) < 4.78 is 10.2. The highest BCUT2D eigenvalue weighted by Crippen LogP contribution is 2.28. The van der Waals surface area contributed by atoms with Gasteiger partial charge in [-0.3, -0.25) is 0 Å². The molecule has 5 heteroatoms. The summed E-state index contributed by atoms with van der Waals surface area (Å²) in [6.07, 6.45) is 0.510. The van der Waals surface area contributed by atoms with E-state index in [1.165, 1.54) is 7.11 Å². The minimum atomic E-state index is -0.438. The number of ether oxygens (including phenoxy) is 2. The van der Waals surface area contributed by atoms with Crippen molar-refractivity contribution in [2.45, 2.75) is 6.42 Å². The Kier molecular flexibility index (Phi) is 3.84. The van der Waals surface area contributed by atoms with E-state index in [9.17, 15) is 4.79 Å². The number of para-hydroxylation sites is 1. The Morgan fingerprint density at radius 2 is 2.17 bits per heavy atom. The van der Waals surface area contributed by atoms with E-state index in [1.807, 2.05) is 24.3 Å². The number of benzene rings is 1. The zero-order chi connectivity index (χ0) is 13.0. The average molecular weight is 249 g/mol. The molecule has 2 aromatic rings. The molecule has 5 nitrogen and oxygen atoms in total. The molecule has 0 amide bonds. The van der Waals surface area contributed by atoms with Crippen LogP contribution in [0, 0.1) is 0 Å². The van der Waals surface area contributed by atoms with Gasteiger partial charge < -0.3 is 19.6 Å². The van der Waals surface area contributed by atoms with Crippen LogP contribution >= 0.6 is 0 Å². The summed E-state index contributed by atoms with van der Waals surface area (Å²) in [5, 5.41) is 9.49. The number of aliphatic hydroxyl groups excluding tert-OH is 1. The molecule has 18 heavy (non-hydrogen) atoms. The monoisotopic (exact) mass is 249 g/mol. The van der Waals surface area contributed by atoms with Gasteiger partial charge in [0, 0.05) is 23.9 Å². The fourth-order valence-corrected chi connectivity index (χ4v) is 1.77. The number of aliphatic hydroxyl groups is 1. The minimum absolute atomic E-state index is 0.0494. The van der Waals surface area contributed by atoms with E-state index in [-0.39, 0.29) is 6.61 Å². The number of methoxy groups -OCH3 is 1. The van der Waals surface area contributed by atoms with Gasteiger partial charge in [-0.15, -0.1) is 0 Å². The Bertz CT molecular complexity index is 547. The summed E-state index contributed by atoms with van der Waals surface area (Å²) >= 11 is 0. The number of carbonyl (C=O) groups is 1. The van der Waals surface area contributed by atoms with Gasteiger partial charge >= 0.3 is 5.97 Å². The van der Waals surface area contributed by atoms with Crippen LogP contribution in [0.2, 0.25) is 0 Å². The van der Waals surface area contributed by atoms with Crippen molar-refractivity contribution < 1.29 is 19.4 Å². The Balaban J connectivity index is 2.40. The lowest BCUT2D eigenvalue weighted by molar-refractivity contribution is 0.0598. The highest BCUT2D eigenvalue weighted by atomic mass is 16.5. The molecule has 0 aliphatic carbocycles. The summed E-state index contributed by atoms with van der Waals surface area (Å²) in [6, 6.07) is 7.41. The quantitative estimate of drug-likeness (QED) is 0.625. The van der Waals surface area contributed by atoms with Gasteiger partial charge in [0.2, 0.25) is 5.88 Å². The molecule has 0 atom stereocenters. The van der Waals surface area contributed by atoms with Gasteiger partial charge in [-0.2, -0.15) is 0 Å². The van der Waals surface area contributed by atoms with Crippen LogP contribution in [0.4, 0.5) is 0 Å². The molecular weight excluding hydrogens is 234 g/mol. The Hall–Kier alpha value is -2.01. The first kappa shape index (κ1) is 12.4. The lowest BCUT2D eigenvalue weighted by Crippen LogP contribution is -2.06. The number of carbonyl (C=O) groups excluding carboxylic acids is 1. The summed E-state index contributed by atoms with van der Waals surface area (Å²) in [4.78, 5) is 14.8. The molecule has 0 bridgehead atoms. The van der Waals surface area contributed by atoms with E-state index in [0.29, 0.717) is 24.5 Å². The third-order valence-electron chi connectivity index (χ3n) is 2.61. The lowest BCUT2D eigenvalue weighted by Gasteiger charge is -2.05. The van der Waals surface area contributed by atoms with Crippen LogP contribution in [-0.2, 0) is 4.74 Å². The van der Waals surface area contributed by atoms with Gasteiger partial charge in [-0.1, -0.05) is 18.2 Å². The highest BCUT2D eigenvalue weighted by Gasteiger charge is 2.19. The van der Waals surface area contributed by atoms with Gasteiger partial charge in [0.15, 0.2) is 0 Å². The van der Waals surface area contributed by atoms with Crippen molar-refractivity contribution in [2.24, 2.45) is 0 Å². The second-order valence-electron chi connectivity index (χ2n) is 3.79. The summed E-state index contributed by atoms with van der Waals surface area (Å²) in [7, 11) is 1.33. The maximum absolute atomic E-state index is 11.8. The van der Waals surface area contributed by atoms with E-state index in [0.717, 1.165) is 10.9 Å². The highest BCUT2D eigenvalue weighted by molar-refractivity contribution is 6.06. The van der Waals surface area contributed by atoms with E-state index < -0.39 is 5.97 Å². The largest absolute Gasteiger partial charge is 0.478 e. The number of fused-ring (bicyclic) bond motifs is 1. The Morgan fingerprint density at radius 3 is 2.89 bits per heavy atom. The number of aromatic nitrogens is 1. The predicted molar refractivity (Wildman–Crippen MR) is 66.8 cm³/mol. The van der Waals surface area contributed by atoms with Crippen molar-refractivity contribution in [2.75, 3.05) is 20.3 Å². The van der Waals surface area contributed by atoms with E-state index in [4.69, 9.17) is 14.6 Å². The van der Waals surface area contributed by atoms with Crippen LogP contribution in [0.1, 0.15) is 16.8 Å². The molecule has 0 saturated heterocycles. The maximum atomic E-state index is 11.8. The Morgan fingerprint density at radius 1 is 1.39 bits per heavy atom. The lowest BCUT2D eigenvalue weighted by atomic mass is 10.2. The topological polar surface area (TPSA) is 71.6 Å². The molecule has 0 unspecified atom stereocenters. The Labute approximate surface area is 104 Å². The summed E-state index contributed by atoms with van der Waals surface area (Å²) in [5.74, 6) is -0.0528. The van der Waals surface area contributed by atoms with Crippen LogP contribution in [0.15, 0.2) is 24.3 Å². The fraction of sp³-hybridized carbons (Fsp3) is 0.308. The zero-order valence-corrected chi connectivity index (χ0v) is 10.1. The zero-order valence-electron chi connectivity index (χ0n) is 10.1. The molecule has 2 N–H and O–H groups in total. The van der Waals surface area contributed by atoms with Crippen LogP contribution < -0.4 is 4.74 Å². The number of hydrogen-bond acceptors (Lipinski definition) is 4. The maximum Gasteiger partial charge on any atom is 0.344 e. The molecule has 0 aliphatic heterocycles. The molecule has 1 aromatic heterocycles. The third kappa shape index (κ3) is 2.31. The predicted octanol–water partition coefficient (Wildman–Crippen LogP) is 1.72.